The van der Waals surface area contributed by atoms with E-state index in [0.717, 1.165) is 21.7 Å². The highest BCUT2D eigenvalue weighted by Gasteiger charge is 2.17. The number of para-hydroxylation sites is 2. The van der Waals surface area contributed by atoms with Crippen LogP contribution in [0.4, 0.5) is 0 Å². The zero-order valence-corrected chi connectivity index (χ0v) is 15.6. The first-order valence-corrected chi connectivity index (χ1v) is 9.27. The minimum Gasteiger partial charge on any atom is -0.340 e. The first kappa shape index (κ1) is 16.7. The summed E-state index contributed by atoms with van der Waals surface area (Å²) in [6, 6.07) is 11.7. The van der Waals surface area contributed by atoms with Gasteiger partial charge in [-0.15, -0.1) is 11.3 Å². The zero-order chi connectivity index (χ0) is 18.1. The van der Waals surface area contributed by atoms with Crippen LogP contribution in [0.5, 0.6) is 0 Å². The molecule has 0 saturated carbocycles. The number of benzene rings is 1. The van der Waals surface area contributed by atoms with Crippen LogP contribution in [0.1, 0.15) is 5.82 Å². The maximum absolute atomic E-state index is 12.7. The number of rotatable bonds is 5. The molecule has 4 rings (SSSR count). The maximum atomic E-state index is 12.7. The van der Waals surface area contributed by atoms with Crippen LogP contribution < -0.4 is 0 Å². The number of H-pyrrole nitrogens is 2. The molecule has 0 atom stereocenters. The third kappa shape index (κ3) is 3.18. The normalized spacial score (nSPS) is 11.1. The van der Waals surface area contributed by atoms with Crippen molar-refractivity contribution in [3.8, 4) is 10.7 Å². The molecule has 4 aromatic rings. The van der Waals surface area contributed by atoms with Crippen molar-refractivity contribution in [2.75, 3.05) is 7.05 Å². The van der Waals surface area contributed by atoms with Gasteiger partial charge in [-0.05, 0) is 35.8 Å². The molecule has 0 aliphatic carbocycles. The predicted octanol–water partition coefficient (Wildman–Crippen LogP) is 3.20. The second kappa shape index (κ2) is 6.85. The van der Waals surface area contributed by atoms with Crippen LogP contribution in [0, 0.1) is 4.77 Å². The van der Waals surface area contributed by atoms with Crippen LogP contribution in [-0.4, -0.2) is 42.6 Å². The molecule has 0 aliphatic rings. The molecule has 1 aromatic carbocycles. The van der Waals surface area contributed by atoms with Gasteiger partial charge in [-0.25, -0.2) is 4.98 Å². The number of aromatic amines is 2. The summed E-state index contributed by atoms with van der Waals surface area (Å²) in [6.07, 6.45) is 0. The minimum atomic E-state index is -0.0687. The van der Waals surface area contributed by atoms with E-state index >= 15 is 0 Å². The highest BCUT2D eigenvalue weighted by Crippen LogP contribution is 2.22. The predicted molar refractivity (Wildman–Crippen MR) is 103 cm³/mol. The summed E-state index contributed by atoms with van der Waals surface area (Å²) in [6.45, 7) is 0.520. The van der Waals surface area contributed by atoms with Crippen LogP contribution in [0.3, 0.4) is 0 Å². The van der Waals surface area contributed by atoms with Crippen molar-refractivity contribution in [2.24, 2.45) is 0 Å². The van der Waals surface area contributed by atoms with Gasteiger partial charge in [0.1, 0.15) is 12.4 Å². The number of fused-ring (bicyclic) bond motifs is 1. The monoisotopic (exact) mass is 384 g/mol. The number of aromatic nitrogens is 5. The van der Waals surface area contributed by atoms with E-state index in [-0.39, 0.29) is 12.5 Å². The van der Waals surface area contributed by atoms with Gasteiger partial charge in [0.05, 0.1) is 22.5 Å². The summed E-state index contributed by atoms with van der Waals surface area (Å²) in [5, 5.41) is 8.99. The molecule has 3 heterocycles. The second-order valence-electron chi connectivity index (χ2n) is 5.87. The Hall–Kier alpha value is -2.78. The molecule has 0 fully saturated rings. The number of nitrogens with one attached hydrogen (secondary N) is 2. The molecule has 0 aliphatic heterocycles. The molecule has 0 bridgehead atoms. The highest BCUT2D eigenvalue weighted by atomic mass is 32.1. The van der Waals surface area contributed by atoms with Gasteiger partial charge in [0.2, 0.25) is 5.91 Å². The van der Waals surface area contributed by atoms with Crippen molar-refractivity contribution in [3.63, 3.8) is 0 Å². The number of amides is 1. The van der Waals surface area contributed by atoms with E-state index in [1.54, 1.807) is 27.9 Å². The van der Waals surface area contributed by atoms with Crippen molar-refractivity contribution in [1.82, 2.24) is 29.6 Å². The van der Waals surface area contributed by atoms with Gasteiger partial charge < -0.3 is 9.88 Å². The van der Waals surface area contributed by atoms with Gasteiger partial charge in [0, 0.05) is 7.05 Å². The van der Waals surface area contributed by atoms with Gasteiger partial charge in [-0.3, -0.25) is 14.5 Å². The van der Waals surface area contributed by atoms with Crippen LogP contribution in [0.2, 0.25) is 0 Å². The molecule has 0 unspecified atom stereocenters. The number of carbonyl (C=O) groups excluding carboxylic acids is 1. The Balaban J connectivity index is 1.51. The van der Waals surface area contributed by atoms with Gasteiger partial charge in [-0.2, -0.15) is 5.10 Å². The molecule has 132 valence electrons. The van der Waals surface area contributed by atoms with E-state index in [0.29, 0.717) is 17.1 Å². The highest BCUT2D eigenvalue weighted by molar-refractivity contribution is 7.71. The molecule has 3 aromatic heterocycles. The molecule has 0 radical (unpaired) electrons. The van der Waals surface area contributed by atoms with Crippen LogP contribution >= 0.6 is 23.6 Å². The summed E-state index contributed by atoms with van der Waals surface area (Å²) < 4.78 is 2.15. The van der Waals surface area contributed by atoms with Crippen molar-refractivity contribution in [1.29, 1.82) is 0 Å². The van der Waals surface area contributed by atoms with Crippen LogP contribution in [0.15, 0.2) is 41.8 Å². The van der Waals surface area contributed by atoms with E-state index in [9.17, 15) is 4.79 Å². The first-order chi connectivity index (χ1) is 12.6. The van der Waals surface area contributed by atoms with Gasteiger partial charge >= 0.3 is 0 Å². The third-order valence-electron chi connectivity index (χ3n) is 4.04. The fourth-order valence-corrected chi connectivity index (χ4v) is 3.63. The Kier molecular flexibility index (Phi) is 4.39. The lowest BCUT2D eigenvalue weighted by atomic mass is 10.3. The lowest BCUT2D eigenvalue weighted by molar-refractivity contribution is -0.131. The standard InChI is InChI=1S/C17H16N6OS2/c1-22(9-14-18-11-5-2-3-6-12(11)19-14)15(24)10-23-16(20-21-17(23)25)13-7-4-8-26-13/h2-8H,9-10H2,1H3,(H,18,19)(H,21,25). The van der Waals surface area contributed by atoms with E-state index in [2.05, 4.69) is 20.2 Å². The molecule has 2 N–H and O–H groups in total. The van der Waals surface area contributed by atoms with E-state index in [1.165, 1.54) is 0 Å². The van der Waals surface area contributed by atoms with Gasteiger partial charge in [0.25, 0.3) is 0 Å². The summed E-state index contributed by atoms with van der Waals surface area (Å²) in [4.78, 5) is 23.0. The van der Waals surface area contributed by atoms with Gasteiger partial charge in [0.15, 0.2) is 10.6 Å². The molecule has 1 amide bonds. The lowest BCUT2D eigenvalue weighted by Crippen LogP contribution is -2.30. The molecular formula is C17H16N6OS2. The number of thiophene rings is 1. The SMILES string of the molecule is CN(Cc1nc2ccccc2[nH]1)C(=O)Cn1c(-c2cccs2)n[nH]c1=S. The number of imidazole rings is 1. The molecule has 26 heavy (non-hydrogen) atoms. The lowest BCUT2D eigenvalue weighted by Gasteiger charge is -2.16. The number of carbonyl (C=O) groups is 1. The average molecular weight is 384 g/mol. The summed E-state index contributed by atoms with van der Waals surface area (Å²) >= 11 is 6.84. The Morgan fingerprint density at radius 1 is 1.31 bits per heavy atom. The van der Waals surface area contributed by atoms with E-state index < -0.39 is 0 Å². The van der Waals surface area contributed by atoms with Crippen LogP contribution in [0.25, 0.3) is 21.7 Å². The average Bonchev–Trinajstić information content (AvgIpc) is 3.35. The number of hydrogen-bond acceptors (Lipinski definition) is 5. The zero-order valence-electron chi connectivity index (χ0n) is 14.0. The van der Waals surface area contributed by atoms with Crippen LogP contribution in [-0.2, 0) is 17.9 Å². The quantitative estimate of drug-likeness (QED) is 0.518. The number of hydrogen-bond donors (Lipinski definition) is 2. The summed E-state index contributed by atoms with van der Waals surface area (Å²) in [5.74, 6) is 1.35. The van der Waals surface area contributed by atoms with Crippen molar-refractivity contribution in [2.45, 2.75) is 13.1 Å². The molecule has 0 spiro atoms. The third-order valence-corrected chi connectivity index (χ3v) is 5.22. The summed E-state index contributed by atoms with van der Waals surface area (Å²) in [7, 11) is 1.75. The smallest absolute Gasteiger partial charge is 0.242 e. The number of likely N-dealkylation sites (N-methyl/N-ethyl adjacent to an activating group) is 1. The fraction of sp³-hybridized carbons (Fsp3) is 0.176. The fourth-order valence-electron chi connectivity index (χ4n) is 2.71. The number of nitrogens with zero attached hydrogens (tertiary/aromatic N) is 4. The Morgan fingerprint density at radius 3 is 2.92 bits per heavy atom. The van der Waals surface area contributed by atoms with E-state index in [4.69, 9.17) is 12.2 Å². The largest absolute Gasteiger partial charge is 0.340 e. The van der Waals surface area contributed by atoms with Gasteiger partial charge in [-0.1, -0.05) is 18.2 Å². The second-order valence-corrected chi connectivity index (χ2v) is 7.20. The molecule has 0 saturated heterocycles. The van der Waals surface area contributed by atoms with Crippen molar-refractivity contribution in [3.05, 3.63) is 52.4 Å². The molecular weight excluding hydrogens is 368 g/mol. The topological polar surface area (TPSA) is 82.6 Å². The first-order valence-electron chi connectivity index (χ1n) is 7.98. The van der Waals surface area contributed by atoms with E-state index in [1.807, 2.05) is 41.8 Å². The maximum Gasteiger partial charge on any atom is 0.242 e. The summed E-state index contributed by atoms with van der Waals surface area (Å²) in [5.41, 5.74) is 1.85. The minimum absolute atomic E-state index is 0.0687. The Labute approximate surface area is 158 Å². The Bertz CT molecular complexity index is 1070. The molecule has 9 heteroatoms. The van der Waals surface area contributed by atoms with Crippen molar-refractivity contribution >= 4 is 40.5 Å². The Morgan fingerprint density at radius 2 is 2.15 bits per heavy atom. The van der Waals surface area contributed by atoms with Crippen molar-refractivity contribution < 1.29 is 4.79 Å². The molecule has 7 nitrogen and oxygen atoms in total.